The lowest BCUT2D eigenvalue weighted by Gasteiger charge is -2.16. The van der Waals surface area contributed by atoms with Crippen molar-refractivity contribution in [3.05, 3.63) is 35.5 Å². The van der Waals surface area contributed by atoms with E-state index in [0.29, 0.717) is 18.7 Å². The van der Waals surface area contributed by atoms with Crippen molar-refractivity contribution in [1.82, 2.24) is 15.2 Å². The first-order valence-corrected chi connectivity index (χ1v) is 9.33. The maximum absolute atomic E-state index is 13.4. The molecule has 1 saturated carbocycles. The van der Waals surface area contributed by atoms with E-state index >= 15 is 0 Å². The van der Waals surface area contributed by atoms with Gasteiger partial charge in [-0.2, -0.15) is 0 Å². The van der Waals surface area contributed by atoms with Gasteiger partial charge in [0.25, 0.3) is 11.8 Å². The lowest BCUT2D eigenvalue weighted by molar-refractivity contribution is -0.129. The first-order chi connectivity index (χ1) is 12.8. The minimum Gasteiger partial charge on any atom is -0.351 e. The Labute approximate surface area is 160 Å². The Morgan fingerprint density at radius 2 is 2.00 bits per heavy atom. The van der Waals surface area contributed by atoms with E-state index in [4.69, 9.17) is 0 Å². The third kappa shape index (κ3) is 3.55. The Bertz CT molecular complexity index is 888. The molecule has 0 radical (unpaired) electrons. The third-order valence-corrected chi connectivity index (χ3v) is 5.34. The monoisotopic (exact) mass is 381 g/mol. The van der Waals surface area contributed by atoms with Gasteiger partial charge in [-0.15, -0.1) is 0 Å². The maximum atomic E-state index is 13.4. The van der Waals surface area contributed by atoms with Gasteiger partial charge in [0.15, 0.2) is 0 Å². The molecule has 0 bridgehead atoms. The molecule has 1 aliphatic carbocycles. The number of nitrogens with zero attached hydrogens (tertiary/aromatic N) is 1. The van der Waals surface area contributed by atoms with Crippen molar-refractivity contribution >= 4 is 22.7 Å². The Kier molecular flexibility index (Phi) is 4.97. The first-order valence-electron chi connectivity index (χ1n) is 9.33. The van der Waals surface area contributed by atoms with Crippen LogP contribution in [0, 0.1) is 12.3 Å². The largest absolute Gasteiger partial charge is 0.351 e. The molecule has 27 heavy (non-hydrogen) atoms. The molecule has 1 atom stereocenters. The highest BCUT2D eigenvalue weighted by Crippen LogP contribution is 2.64. The average molecular weight is 381 g/mol. The van der Waals surface area contributed by atoms with E-state index in [9.17, 15) is 18.4 Å². The molecule has 7 heteroatoms. The summed E-state index contributed by atoms with van der Waals surface area (Å²) in [5, 5.41) is 3.50. The van der Waals surface area contributed by atoms with Gasteiger partial charge in [-0.3, -0.25) is 9.59 Å². The van der Waals surface area contributed by atoms with Gasteiger partial charge < -0.3 is 15.2 Å². The molecular weight excluding hydrogens is 352 g/mol. The van der Waals surface area contributed by atoms with Gasteiger partial charge in [0, 0.05) is 33.3 Å². The van der Waals surface area contributed by atoms with E-state index in [1.54, 1.807) is 6.07 Å². The Balaban J connectivity index is 0.00000102. The number of benzene rings is 1. The van der Waals surface area contributed by atoms with Crippen LogP contribution in [-0.2, 0) is 4.79 Å². The second-order valence-corrected chi connectivity index (χ2v) is 7.18. The number of aromatic amines is 1. The standard InChI is InChI=1S/C18H19F2N3O2.C2H6.2H2/c1-11-2-3-13-12(6-11)7-14(22-13)16(25)21-8-15(24)23-5-4-17(10-23)9-18(17,19)20;1-2;;/h2-3,6-7,22H,4-5,8-10H2,1H3,(H,21,25);1-2H3;2*1H/t17-;;;/m1.../s1. The minimum atomic E-state index is -2.65. The number of rotatable bonds is 3. The van der Waals surface area contributed by atoms with Crippen molar-refractivity contribution in [1.29, 1.82) is 0 Å². The molecule has 0 unspecified atom stereocenters. The number of hydrogen-bond donors (Lipinski definition) is 2. The molecule has 2 fully saturated rings. The van der Waals surface area contributed by atoms with Crippen LogP contribution < -0.4 is 5.32 Å². The first kappa shape index (κ1) is 19.3. The molecular formula is C20H29F2N3O2. The van der Waals surface area contributed by atoms with Gasteiger partial charge >= 0.3 is 0 Å². The predicted molar refractivity (Wildman–Crippen MR) is 104 cm³/mol. The Morgan fingerprint density at radius 1 is 1.30 bits per heavy atom. The predicted octanol–water partition coefficient (Wildman–Crippen LogP) is 3.98. The summed E-state index contributed by atoms with van der Waals surface area (Å²) in [5.74, 6) is -3.35. The number of fused-ring (bicyclic) bond motifs is 1. The van der Waals surface area contributed by atoms with Gasteiger partial charge in [-0.05, 0) is 31.5 Å². The number of amides is 2. The molecule has 2 amide bonds. The molecule has 150 valence electrons. The zero-order chi connectivity index (χ0) is 19.8. The van der Waals surface area contributed by atoms with Crippen LogP contribution in [0.1, 0.15) is 45.6 Å². The van der Waals surface area contributed by atoms with Crippen LogP contribution in [0.3, 0.4) is 0 Å². The van der Waals surface area contributed by atoms with Gasteiger partial charge in [0.1, 0.15) is 5.69 Å². The summed E-state index contributed by atoms with van der Waals surface area (Å²) in [6.07, 6.45) is 0.200. The fraction of sp³-hybridized carbons (Fsp3) is 0.500. The molecule has 1 aromatic heterocycles. The van der Waals surface area contributed by atoms with Crippen molar-refractivity contribution < 1.29 is 21.2 Å². The topological polar surface area (TPSA) is 65.2 Å². The van der Waals surface area contributed by atoms with Crippen molar-refractivity contribution in [2.75, 3.05) is 19.6 Å². The quantitative estimate of drug-likeness (QED) is 0.845. The lowest BCUT2D eigenvalue weighted by atomic mass is 10.1. The number of carbonyl (C=O) groups excluding carboxylic acids is 2. The second-order valence-electron chi connectivity index (χ2n) is 7.18. The van der Waals surface area contributed by atoms with Crippen molar-refractivity contribution in [2.45, 2.75) is 39.5 Å². The molecule has 2 aliphatic rings. The van der Waals surface area contributed by atoms with Gasteiger partial charge in [0.05, 0.1) is 12.0 Å². The Hall–Kier alpha value is -2.44. The number of likely N-dealkylation sites (tertiary alicyclic amines) is 1. The SMILES string of the molecule is CC.Cc1ccc2[nH]c(C(=O)NCC(=O)N3CC[C@]4(C3)CC4(F)F)cc2c1.[HH].[HH]. The number of nitrogens with one attached hydrogen (secondary N) is 2. The summed E-state index contributed by atoms with van der Waals surface area (Å²) >= 11 is 0. The molecule has 1 aromatic carbocycles. The van der Waals surface area contributed by atoms with Crippen LogP contribution in [0.5, 0.6) is 0 Å². The minimum absolute atomic E-state index is 0. The average Bonchev–Trinajstić information content (AvgIpc) is 3.03. The van der Waals surface area contributed by atoms with Crippen molar-refractivity contribution in [3.63, 3.8) is 0 Å². The molecule has 2 aromatic rings. The molecule has 1 saturated heterocycles. The van der Waals surface area contributed by atoms with Gasteiger partial charge in [0.2, 0.25) is 5.91 Å². The summed E-state index contributed by atoms with van der Waals surface area (Å²) in [6.45, 7) is 6.20. The summed E-state index contributed by atoms with van der Waals surface area (Å²) in [5.41, 5.74) is 1.30. The van der Waals surface area contributed by atoms with E-state index in [-0.39, 0.29) is 34.2 Å². The number of H-pyrrole nitrogens is 1. The van der Waals surface area contributed by atoms with E-state index in [0.717, 1.165) is 16.5 Å². The number of hydrogen-bond acceptors (Lipinski definition) is 2. The van der Waals surface area contributed by atoms with Crippen LogP contribution in [0.15, 0.2) is 24.3 Å². The van der Waals surface area contributed by atoms with Gasteiger partial charge in [-0.25, -0.2) is 8.78 Å². The van der Waals surface area contributed by atoms with E-state index in [2.05, 4.69) is 10.3 Å². The fourth-order valence-corrected chi connectivity index (χ4v) is 3.65. The number of aryl methyl sites for hydroxylation is 1. The normalized spacial score (nSPS) is 22.5. The molecule has 5 nitrogen and oxygen atoms in total. The summed E-state index contributed by atoms with van der Waals surface area (Å²) in [6, 6.07) is 7.54. The van der Waals surface area contributed by atoms with Crippen LogP contribution in [-0.4, -0.2) is 47.3 Å². The molecule has 2 N–H and O–H groups in total. The smallest absolute Gasteiger partial charge is 0.268 e. The van der Waals surface area contributed by atoms with Crippen LogP contribution in [0.4, 0.5) is 8.78 Å². The molecule has 4 rings (SSSR count). The van der Waals surface area contributed by atoms with Crippen molar-refractivity contribution in [2.24, 2.45) is 5.41 Å². The maximum Gasteiger partial charge on any atom is 0.268 e. The molecule has 1 aliphatic heterocycles. The number of aromatic nitrogens is 1. The molecule has 2 heterocycles. The second kappa shape index (κ2) is 6.94. The highest BCUT2D eigenvalue weighted by atomic mass is 19.3. The highest BCUT2D eigenvalue weighted by molar-refractivity contribution is 5.99. The molecule has 1 spiro atoms. The summed E-state index contributed by atoms with van der Waals surface area (Å²) < 4.78 is 26.8. The lowest BCUT2D eigenvalue weighted by Crippen LogP contribution is -2.39. The van der Waals surface area contributed by atoms with Crippen molar-refractivity contribution in [3.8, 4) is 0 Å². The summed E-state index contributed by atoms with van der Waals surface area (Å²) in [4.78, 5) is 28.8. The number of alkyl halides is 2. The van der Waals surface area contributed by atoms with Crippen LogP contribution in [0.2, 0.25) is 0 Å². The van der Waals surface area contributed by atoms with Crippen LogP contribution >= 0.6 is 0 Å². The number of carbonyl (C=O) groups is 2. The third-order valence-electron chi connectivity index (χ3n) is 5.34. The highest BCUT2D eigenvalue weighted by Gasteiger charge is 2.72. The summed E-state index contributed by atoms with van der Waals surface area (Å²) in [7, 11) is 0. The van der Waals surface area contributed by atoms with E-state index < -0.39 is 11.3 Å². The van der Waals surface area contributed by atoms with E-state index in [1.165, 1.54) is 4.90 Å². The van der Waals surface area contributed by atoms with E-state index in [1.807, 2.05) is 39.0 Å². The van der Waals surface area contributed by atoms with Gasteiger partial charge in [-0.1, -0.05) is 25.5 Å². The number of halogens is 2. The zero-order valence-corrected chi connectivity index (χ0v) is 15.9. The zero-order valence-electron chi connectivity index (χ0n) is 15.9. The fourth-order valence-electron chi connectivity index (χ4n) is 3.65. The van der Waals surface area contributed by atoms with Crippen LogP contribution in [0.25, 0.3) is 10.9 Å². The Morgan fingerprint density at radius 3 is 2.63 bits per heavy atom.